The van der Waals surface area contributed by atoms with E-state index < -0.39 is 17.9 Å². The lowest BCUT2D eigenvalue weighted by molar-refractivity contribution is -0.128. The van der Waals surface area contributed by atoms with E-state index in [2.05, 4.69) is 10.6 Å². The molecule has 25 heavy (non-hydrogen) atoms. The molecule has 4 N–H and O–H groups in total. The number of carbonyl (C=O) groups excluding carboxylic acids is 3. The predicted octanol–water partition coefficient (Wildman–Crippen LogP) is 0.538. The van der Waals surface area contributed by atoms with Crippen molar-refractivity contribution in [1.82, 2.24) is 10.6 Å². The molecule has 3 amide bonds. The highest BCUT2D eigenvalue weighted by atomic mass is 16.2. The van der Waals surface area contributed by atoms with Gasteiger partial charge in [-0.1, -0.05) is 48.5 Å². The maximum atomic E-state index is 12.0. The number of fused-ring (bicyclic) bond motifs is 5. The molecule has 2 aromatic rings. The van der Waals surface area contributed by atoms with Crippen LogP contribution in [0.2, 0.25) is 0 Å². The van der Waals surface area contributed by atoms with Crippen LogP contribution in [0.3, 0.4) is 0 Å². The topological polar surface area (TPSA) is 101 Å². The fourth-order valence-corrected chi connectivity index (χ4v) is 2.87. The third kappa shape index (κ3) is 4.23. The molecule has 0 fully saturated rings. The smallest absolute Gasteiger partial charge is 0.240 e. The molecule has 6 heteroatoms. The summed E-state index contributed by atoms with van der Waals surface area (Å²) >= 11 is 0. The van der Waals surface area contributed by atoms with Crippen LogP contribution >= 0.6 is 0 Å². The fraction of sp³-hybridized carbons (Fsp3) is 0.211. The van der Waals surface area contributed by atoms with E-state index in [4.69, 9.17) is 5.73 Å². The summed E-state index contributed by atoms with van der Waals surface area (Å²) < 4.78 is 0. The number of hydrogen-bond donors (Lipinski definition) is 3. The summed E-state index contributed by atoms with van der Waals surface area (Å²) in [4.78, 5) is 35.7. The summed E-state index contributed by atoms with van der Waals surface area (Å²) in [6, 6.07) is 14.6. The van der Waals surface area contributed by atoms with Crippen LogP contribution < -0.4 is 16.4 Å². The Morgan fingerprint density at radius 1 is 0.960 bits per heavy atom. The van der Waals surface area contributed by atoms with Crippen molar-refractivity contribution >= 4 is 17.7 Å². The van der Waals surface area contributed by atoms with Crippen molar-refractivity contribution in [3.05, 3.63) is 59.7 Å². The van der Waals surface area contributed by atoms with Crippen molar-refractivity contribution in [2.45, 2.75) is 18.9 Å². The van der Waals surface area contributed by atoms with Crippen molar-refractivity contribution in [3.8, 4) is 11.1 Å². The van der Waals surface area contributed by atoms with Gasteiger partial charge in [-0.25, -0.2) is 0 Å². The van der Waals surface area contributed by atoms with Gasteiger partial charge in [0.05, 0.1) is 13.0 Å². The van der Waals surface area contributed by atoms with Gasteiger partial charge >= 0.3 is 0 Å². The Labute approximate surface area is 145 Å². The zero-order valence-electron chi connectivity index (χ0n) is 13.6. The molecule has 0 saturated carbocycles. The first-order chi connectivity index (χ1) is 12.0. The maximum Gasteiger partial charge on any atom is 0.240 e. The predicted molar refractivity (Wildman–Crippen MR) is 93.4 cm³/mol. The number of nitrogens with two attached hydrogens (primary N) is 1. The van der Waals surface area contributed by atoms with Gasteiger partial charge in [0.1, 0.15) is 6.04 Å². The Hall–Kier alpha value is -3.15. The lowest BCUT2D eigenvalue weighted by Gasteiger charge is -2.17. The van der Waals surface area contributed by atoms with Gasteiger partial charge in [0.25, 0.3) is 0 Å². The number of carbonyl (C=O) groups is 3. The van der Waals surface area contributed by atoms with Crippen LogP contribution in [0.1, 0.15) is 11.1 Å². The lowest BCUT2D eigenvalue weighted by Crippen LogP contribution is -2.49. The average molecular weight is 337 g/mol. The van der Waals surface area contributed by atoms with Crippen LogP contribution in [0.25, 0.3) is 11.1 Å². The molecule has 1 aliphatic heterocycles. The minimum atomic E-state index is -0.825. The second-order valence-electron chi connectivity index (χ2n) is 6.08. The molecule has 0 spiro atoms. The minimum absolute atomic E-state index is 0.181. The standard InChI is InChI=1S/C19H19N3O3/c20-19(25)16-9-12-3-1-5-14(7-12)15-6-2-4-13(8-15)10-17(23)21-11-18(24)22-16/h1-8,16H,9-11H2,(H2,20,25)(H,21,23)(H,22,24). The molecule has 1 atom stereocenters. The Morgan fingerprint density at radius 2 is 1.60 bits per heavy atom. The van der Waals surface area contributed by atoms with Crippen LogP contribution in [0.5, 0.6) is 0 Å². The van der Waals surface area contributed by atoms with Gasteiger partial charge in [0.2, 0.25) is 17.7 Å². The van der Waals surface area contributed by atoms with Crippen molar-refractivity contribution in [2.24, 2.45) is 5.73 Å². The monoisotopic (exact) mass is 337 g/mol. The van der Waals surface area contributed by atoms with E-state index in [1.54, 1.807) is 0 Å². The largest absolute Gasteiger partial charge is 0.368 e. The second-order valence-corrected chi connectivity index (χ2v) is 6.08. The molecule has 3 rings (SSSR count). The first-order valence-electron chi connectivity index (χ1n) is 8.05. The quantitative estimate of drug-likeness (QED) is 0.708. The maximum absolute atomic E-state index is 12.0. The summed E-state index contributed by atoms with van der Waals surface area (Å²) in [5.41, 5.74) is 9.14. The molecule has 1 unspecified atom stereocenters. The van der Waals surface area contributed by atoms with Gasteiger partial charge < -0.3 is 16.4 Å². The van der Waals surface area contributed by atoms with E-state index in [0.29, 0.717) is 6.42 Å². The van der Waals surface area contributed by atoms with E-state index in [9.17, 15) is 14.4 Å². The van der Waals surface area contributed by atoms with E-state index in [0.717, 1.165) is 22.3 Å². The molecular formula is C19H19N3O3. The average Bonchev–Trinajstić information content (AvgIpc) is 2.59. The van der Waals surface area contributed by atoms with Gasteiger partial charge in [0.15, 0.2) is 0 Å². The third-order valence-corrected chi connectivity index (χ3v) is 4.12. The van der Waals surface area contributed by atoms with Crippen LogP contribution in [0.4, 0.5) is 0 Å². The Kier molecular flexibility index (Phi) is 4.79. The zero-order valence-corrected chi connectivity index (χ0v) is 13.6. The summed E-state index contributed by atoms with van der Waals surface area (Å²) in [7, 11) is 0. The highest BCUT2D eigenvalue weighted by Crippen LogP contribution is 2.22. The molecule has 1 heterocycles. The molecule has 0 radical (unpaired) electrons. The Morgan fingerprint density at radius 3 is 2.28 bits per heavy atom. The van der Waals surface area contributed by atoms with Crippen molar-refractivity contribution in [3.63, 3.8) is 0 Å². The first-order valence-corrected chi connectivity index (χ1v) is 8.05. The highest BCUT2D eigenvalue weighted by Gasteiger charge is 2.19. The number of benzene rings is 2. The number of rotatable bonds is 1. The summed E-state index contributed by atoms with van der Waals surface area (Å²) in [5.74, 6) is -1.31. The second kappa shape index (κ2) is 7.17. The Balaban J connectivity index is 2.01. The zero-order chi connectivity index (χ0) is 17.8. The minimum Gasteiger partial charge on any atom is -0.368 e. The molecule has 0 saturated heterocycles. The van der Waals surface area contributed by atoms with Crippen LogP contribution in [0.15, 0.2) is 48.5 Å². The molecule has 1 aliphatic rings. The van der Waals surface area contributed by atoms with E-state index >= 15 is 0 Å². The van der Waals surface area contributed by atoms with E-state index in [-0.39, 0.29) is 18.9 Å². The molecular weight excluding hydrogens is 318 g/mol. The SMILES string of the molecule is NC(=O)C1Cc2cccc(c2)-c2cccc(c2)CC(=O)NCC(=O)N1. The number of primary amides is 1. The van der Waals surface area contributed by atoms with Crippen molar-refractivity contribution in [2.75, 3.05) is 6.54 Å². The first kappa shape index (κ1) is 16.7. The molecule has 6 nitrogen and oxygen atoms in total. The van der Waals surface area contributed by atoms with Crippen LogP contribution in [-0.4, -0.2) is 30.3 Å². The number of hydrogen-bond acceptors (Lipinski definition) is 3. The molecule has 4 bridgehead atoms. The molecule has 0 aliphatic carbocycles. The number of amides is 3. The third-order valence-electron chi connectivity index (χ3n) is 4.12. The van der Waals surface area contributed by atoms with Gasteiger partial charge in [0, 0.05) is 6.42 Å². The van der Waals surface area contributed by atoms with Crippen LogP contribution in [0, 0.1) is 0 Å². The highest BCUT2D eigenvalue weighted by molar-refractivity contribution is 5.90. The molecule has 128 valence electrons. The number of nitrogens with one attached hydrogen (secondary N) is 2. The fourth-order valence-electron chi connectivity index (χ4n) is 2.87. The summed E-state index contributed by atoms with van der Waals surface area (Å²) in [6.07, 6.45) is 0.475. The Bertz CT molecular complexity index is 832. The molecule has 2 aromatic carbocycles. The van der Waals surface area contributed by atoms with Crippen molar-refractivity contribution < 1.29 is 14.4 Å². The van der Waals surface area contributed by atoms with Crippen molar-refractivity contribution in [1.29, 1.82) is 0 Å². The van der Waals surface area contributed by atoms with Gasteiger partial charge in [-0.05, 0) is 22.3 Å². The van der Waals surface area contributed by atoms with Gasteiger partial charge in [-0.2, -0.15) is 0 Å². The van der Waals surface area contributed by atoms with Gasteiger partial charge in [-0.15, -0.1) is 0 Å². The van der Waals surface area contributed by atoms with Crippen LogP contribution in [-0.2, 0) is 27.2 Å². The molecule has 0 aromatic heterocycles. The van der Waals surface area contributed by atoms with Gasteiger partial charge in [-0.3, -0.25) is 14.4 Å². The normalized spacial score (nSPS) is 17.8. The van der Waals surface area contributed by atoms with E-state index in [1.165, 1.54) is 0 Å². The summed E-state index contributed by atoms with van der Waals surface area (Å²) in [6.45, 7) is -0.192. The summed E-state index contributed by atoms with van der Waals surface area (Å²) in [5, 5.41) is 5.14. The lowest BCUT2D eigenvalue weighted by atomic mass is 9.97. The van der Waals surface area contributed by atoms with E-state index in [1.807, 2.05) is 48.5 Å².